The highest BCUT2D eigenvalue weighted by atomic mass is 35.5. The van der Waals surface area contributed by atoms with Crippen LogP contribution in [0.4, 0.5) is 0 Å². The molecule has 1 amide bonds. The van der Waals surface area contributed by atoms with Crippen LogP contribution >= 0.6 is 11.6 Å². The Hall–Kier alpha value is -1.13. The Balaban J connectivity index is 2.22. The van der Waals surface area contributed by atoms with Crippen molar-refractivity contribution in [3.05, 3.63) is 29.0 Å². The van der Waals surface area contributed by atoms with Crippen molar-refractivity contribution in [2.45, 2.75) is 18.9 Å². The van der Waals surface area contributed by atoms with Crippen molar-refractivity contribution in [3.8, 4) is 0 Å². The molecule has 0 unspecified atom stereocenters. The molecule has 2 rings (SSSR count). The van der Waals surface area contributed by atoms with Crippen molar-refractivity contribution in [2.24, 2.45) is 0 Å². The molecule has 1 aromatic heterocycles. The van der Waals surface area contributed by atoms with Gasteiger partial charge in [0.05, 0.1) is 23.2 Å². The van der Waals surface area contributed by atoms with Gasteiger partial charge in [0, 0.05) is 18.9 Å². The van der Waals surface area contributed by atoms with Crippen molar-refractivity contribution in [1.82, 2.24) is 9.88 Å². The molecule has 1 saturated heterocycles. The smallest absolute Gasteiger partial charge is 0.257 e. The van der Waals surface area contributed by atoms with Gasteiger partial charge >= 0.3 is 0 Å². The molecule has 16 heavy (non-hydrogen) atoms. The number of hydrogen-bond donors (Lipinski definition) is 1. The van der Waals surface area contributed by atoms with Crippen molar-refractivity contribution in [1.29, 1.82) is 0 Å². The maximum absolute atomic E-state index is 12.1. The van der Waals surface area contributed by atoms with Gasteiger partial charge < -0.3 is 10.0 Å². The number of pyridine rings is 1. The Morgan fingerprint density at radius 3 is 3.19 bits per heavy atom. The largest absolute Gasteiger partial charge is 0.394 e. The van der Waals surface area contributed by atoms with Crippen LogP contribution in [0.1, 0.15) is 23.2 Å². The summed E-state index contributed by atoms with van der Waals surface area (Å²) >= 11 is 5.94. The molecular formula is C11H13ClN2O2. The van der Waals surface area contributed by atoms with Gasteiger partial charge in [-0.15, -0.1) is 0 Å². The second-order valence-corrected chi connectivity index (χ2v) is 4.24. The number of halogens is 1. The summed E-state index contributed by atoms with van der Waals surface area (Å²) in [6, 6.07) is 1.52. The van der Waals surface area contributed by atoms with E-state index in [4.69, 9.17) is 16.7 Å². The van der Waals surface area contributed by atoms with Gasteiger partial charge in [-0.25, -0.2) is 0 Å². The number of aliphatic hydroxyl groups excluding tert-OH is 1. The summed E-state index contributed by atoms with van der Waals surface area (Å²) < 4.78 is 0. The number of hydrogen-bond acceptors (Lipinski definition) is 3. The third-order valence-electron chi connectivity index (χ3n) is 2.85. The third-order valence-corrected chi connectivity index (χ3v) is 3.18. The fourth-order valence-corrected chi connectivity index (χ4v) is 2.17. The van der Waals surface area contributed by atoms with Crippen molar-refractivity contribution in [3.63, 3.8) is 0 Å². The minimum atomic E-state index is -0.144. The number of rotatable bonds is 2. The van der Waals surface area contributed by atoms with Crippen LogP contribution in [0.5, 0.6) is 0 Å². The molecule has 0 aliphatic carbocycles. The predicted octanol–water partition coefficient (Wildman–Crippen LogP) is 1.33. The monoisotopic (exact) mass is 240 g/mol. The van der Waals surface area contributed by atoms with E-state index in [9.17, 15) is 4.79 Å². The normalized spacial score (nSPS) is 20.1. The number of aliphatic hydroxyl groups is 1. The lowest BCUT2D eigenvalue weighted by atomic mass is 10.2. The zero-order valence-corrected chi connectivity index (χ0v) is 9.52. The van der Waals surface area contributed by atoms with Crippen LogP contribution in [0.15, 0.2) is 18.5 Å². The first kappa shape index (κ1) is 11.4. The summed E-state index contributed by atoms with van der Waals surface area (Å²) in [5, 5.41) is 9.57. The minimum absolute atomic E-state index is 0.00359. The highest BCUT2D eigenvalue weighted by Crippen LogP contribution is 2.22. The fourth-order valence-electron chi connectivity index (χ4n) is 1.98. The van der Waals surface area contributed by atoms with Gasteiger partial charge in [0.15, 0.2) is 0 Å². The van der Waals surface area contributed by atoms with Crippen molar-refractivity contribution in [2.75, 3.05) is 13.2 Å². The Morgan fingerprint density at radius 2 is 2.50 bits per heavy atom. The van der Waals surface area contributed by atoms with Crippen LogP contribution in [0, 0.1) is 0 Å². The molecule has 0 saturated carbocycles. The number of carbonyl (C=O) groups is 1. The molecule has 1 aliphatic rings. The highest BCUT2D eigenvalue weighted by Gasteiger charge is 2.29. The van der Waals surface area contributed by atoms with E-state index in [0.29, 0.717) is 17.1 Å². The SMILES string of the molecule is O=C(c1cnccc1Cl)N1CCC[C@@H]1CO. The lowest BCUT2D eigenvalue weighted by Gasteiger charge is -2.23. The topological polar surface area (TPSA) is 53.4 Å². The standard InChI is InChI=1S/C11H13ClN2O2/c12-10-3-4-13-6-9(10)11(16)14-5-1-2-8(14)7-15/h3-4,6,8,15H,1-2,5,7H2/t8-/m1/s1. The summed E-state index contributed by atoms with van der Waals surface area (Å²) in [5.41, 5.74) is 0.407. The van der Waals surface area contributed by atoms with E-state index in [1.54, 1.807) is 17.2 Å². The fraction of sp³-hybridized carbons (Fsp3) is 0.455. The Labute approximate surface area is 98.9 Å². The van der Waals surface area contributed by atoms with E-state index in [-0.39, 0.29) is 18.6 Å². The lowest BCUT2D eigenvalue weighted by Crippen LogP contribution is -2.37. The van der Waals surface area contributed by atoms with Gasteiger partial charge in [0.1, 0.15) is 0 Å². The second kappa shape index (κ2) is 4.80. The lowest BCUT2D eigenvalue weighted by molar-refractivity contribution is 0.0677. The van der Waals surface area contributed by atoms with Gasteiger partial charge in [0.2, 0.25) is 0 Å². The molecule has 0 radical (unpaired) electrons. The summed E-state index contributed by atoms with van der Waals surface area (Å²) in [7, 11) is 0. The molecule has 86 valence electrons. The number of amides is 1. The Kier molecular flexibility index (Phi) is 3.41. The average molecular weight is 241 g/mol. The molecular weight excluding hydrogens is 228 g/mol. The highest BCUT2D eigenvalue weighted by molar-refractivity contribution is 6.33. The molecule has 0 spiro atoms. The summed E-state index contributed by atoms with van der Waals surface area (Å²) in [4.78, 5) is 17.7. The first-order valence-electron chi connectivity index (χ1n) is 5.25. The first-order valence-corrected chi connectivity index (χ1v) is 5.63. The zero-order valence-electron chi connectivity index (χ0n) is 8.77. The molecule has 1 fully saturated rings. The quantitative estimate of drug-likeness (QED) is 0.849. The van der Waals surface area contributed by atoms with Crippen LogP contribution in [-0.2, 0) is 0 Å². The number of aromatic nitrogens is 1. The Bertz CT molecular complexity index is 397. The number of likely N-dealkylation sites (tertiary alicyclic amines) is 1. The molecule has 2 heterocycles. The van der Waals surface area contributed by atoms with Crippen molar-refractivity contribution >= 4 is 17.5 Å². The van der Waals surface area contributed by atoms with Crippen LogP contribution in [-0.4, -0.2) is 40.1 Å². The summed E-state index contributed by atoms with van der Waals surface area (Å²) in [5.74, 6) is -0.144. The van der Waals surface area contributed by atoms with Crippen LogP contribution < -0.4 is 0 Å². The van der Waals surface area contributed by atoms with Crippen molar-refractivity contribution < 1.29 is 9.90 Å². The van der Waals surface area contributed by atoms with E-state index < -0.39 is 0 Å². The molecule has 1 aliphatic heterocycles. The van der Waals surface area contributed by atoms with E-state index in [1.165, 1.54) is 6.20 Å². The number of nitrogens with zero attached hydrogens (tertiary/aromatic N) is 2. The summed E-state index contributed by atoms with van der Waals surface area (Å²) in [6.45, 7) is 0.679. The maximum atomic E-state index is 12.1. The van der Waals surface area contributed by atoms with E-state index in [1.807, 2.05) is 0 Å². The molecule has 0 bridgehead atoms. The molecule has 4 nitrogen and oxygen atoms in total. The van der Waals surface area contributed by atoms with Crippen LogP contribution in [0.25, 0.3) is 0 Å². The third kappa shape index (κ3) is 2.03. The van der Waals surface area contributed by atoms with E-state index >= 15 is 0 Å². The van der Waals surface area contributed by atoms with Gasteiger partial charge in [-0.05, 0) is 18.9 Å². The van der Waals surface area contributed by atoms with Crippen LogP contribution in [0.2, 0.25) is 5.02 Å². The van der Waals surface area contributed by atoms with E-state index in [0.717, 1.165) is 12.8 Å². The predicted molar refractivity (Wildman–Crippen MR) is 60.4 cm³/mol. The second-order valence-electron chi connectivity index (χ2n) is 3.83. The molecule has 1 aromatic rings. The average Bonchev–Trinajstić information content (AvgIpc) is 2.77. The van der Waals surface area contributed by atoms with Crippen LogP contribution in [0.3, 0.4) is 0 Å². The van der Waals surface area contributed by atoms with Gasteiger partial charge in [-0.2, -0.15) is 0 Å². The maximum Gasteiger partial charge on any atom is 0.257 e. The van der Waals surface area contributed by atoms with Gasteiger partial charge in [-0.3, -0.25) is 9.78 Å². The Morgan fingerprint density at radius 1 is 1.69 bits per heavy atom. The minimum Gasteiger partial charge on any atom is -0.394 e. The molecule has 1 atom stereocenters. The van der Waals surface area contributed by atoms with Gasteiger partial charge in [0.25, 0.3) is 5.91 Å². The van der Waals surface area contributed by atoms with E-state index in [2.05, 4.69) is 4.98 Å². The molecule has 1 N–H and O–H groups in total. The summed E-state index contributed by atoms with van der Waals surface area (Å²) in [6.07, 6.45) is 4.79. The number of carbonyl (C=O) groups excluding carboxylic acids is 1. The molecule has 5 heteroatoms. The van der Waals surface area contributed by atoms with Gasteiger partial charge in [-0.1, -0.05) is 11.6 Å². The zero-order chi connectivity index (χ0) is 11.5. The molecule has 0 aromatic carbocycles. The first-order chi connectivity index (χ1) is 7.74.